The van der Waals surface area contributed by atoms with Gasteiger partial charge in [0.25, 0.3) is 0 Å². The molecule has 2 N–H and O–H groups in total. The van der Waals surface area contributed by atoms with E-state index in [4.69, 9.17) is 10.3 Å². The maximum absolute atomic E-state index is 6.09. The molecule has 1 aliphatic rings. The minimum atomic E-state index is 0.619. The van der Waals surface area contributed by atoms with Crippen LogP contribution in [0.3, 0.4) is 0 Å². The third kappa shape index (κ3) is 2.35. The van der Waals surface area contributed by atoms with Crippen molar-refractivity contribution in [3.63, 3.8) is 0 Å². The van der Waals surface area contributed by atoms with Crippen molar-refractivity contribution in [2.45, 2.75) is 19.4 Å². The Hall–Kier alpha value is -2.34. The molecule has 3 heterocycles. The summed E-state index contributed by atoms with van der Waals surface area (Å²) >= 11 is 1.63. The zero-order valence-corrected chi connectivity index (χ0v) is 12.8. The fraction of sp³-hybridized carbons (Fsp3) is 0.250. The summed E-state index contributed by atoms with van der Waals surface area (Å²) in [4.78, 5) is 6.76. The van der Waals surface area contributed by atoms with Crippen molar-refractivity contribution in [2.75, 3.05) is 17.2 Å². The lowest BCUT2D eigenvalue weighted by Gasteiger charge is -2.30. The number of anilines is 2. The fourth-order valence-electron chi connectivity index (χ4n) is 2.88. The number of hydrogen-bond donors (Lipinski definition) is 1. The van der Waals surface area contributed by atoms with Crippen molar-refractivity contribution in [1.82, 2.24) is 10.1 Å². The molecule has 0 spiro atoms. The number of hydrogen-bond acceptors (Lipinski definition) is 6. The van der Waals surface area contributed by atoms with Crippen LogP contribution in [0.15, 0.2) is 39.5 Å². The molecule has 0 saturated heterocycles. The molecule has 0 bridgehead atoms. The second kappa shape index (κ2) is 5.46. The predicted octanol–water partition coefficient (Wildman–Crippen LogP) is 3.33. The van der Waals surface area contributed by atoms with Gasteiger partial charge in [-0.3, -0.25) is 0 Å². The topological polar surface area (TPSA) is 68.2 Å². The zero-order chi connectivity index (χ0) is 14.9. The van der Waals surface area contributed by atoms with E-state index in [-0.39, 0.29) is 0 Å². The van der Waals surface area contributed by atoms with E-state index in [1.807, 2.05) is 29.0 Å². The predicted molar refractivity (Wildman–Crippen MR) is 87.8 cm³/mol. The smallest absolute Gasteiger partial charge is 0.246 e. The van der Waals surface area contributed by atoms with Crippen molar-refractivity contribution in [3.8, 4) is 11.4 Å². The Balaban J connectivity index is 1.59. The number of benzene rings is 1. The highest BCUT2D eigenvalue weighted by Crippen LogP contribution is 2.32. The Kier molecular flexibility index (Phi) is 3.31. The molecule has 1 aliphatic heterocycles. The molecule has 0 atom stereocenters. The van der Waals surface area contributed by atoms with Crippen LogP contribution in [0.2, 0.25) is 0 Å². The van der Waals surface area contributed by atoms with Gasteiger partial charge in [0.15, 0.2) is 0 Å². The second-order valence-corrected chi connectivity index (χ2v) is 6.17. The Morgan fingerprint density at radius 2 is 2.27 bits per heavy atom. The lowest BCUT2D eigenvalue weighted by molar-refractivity contribution is 0.375. The first-order chi connectivity index (χ1) is 10.8. The molecule has 5 nitrogen and oxygen atoms in total. The standard InChI is InChI=1S/C16H16N4OS/c17-13-4-1-5-14-12(13)3-2-7-20(14)9-15-18-16(19-21-15)11-6-8-22-10-11/h1,4-6,8,10H,2-3,7,9,17H2. The highest BCUT2D eigenvalue weighted by Gasteiger charge is 2.21. The molecule has 0 aliphatic carbocycles. The Morgan fingerprint density at radius 1 is 1.32 bits per heavy atom. The molecular formula is C16H16N4OS. The van der Waals surface area contributed by atoms with Crippen LogP contribution in [0.5, 0.6) is 0 Å². The van der Waals surface area contributed by atoms with E-state index < -0.39 is 0 Å². The van der Waals surface area contributed by atoms with Crippen LogP contribution in [-0.2, 0) is 13.0 Å². The van der Waals surface area contributed by atoms with Gasteiger partial charge in [0, 0.05) is 28.9 Å². The van der Waals surface area contributed by atoms with Gasteiger partial charge in [-0.05, 0) is 42.0 Å². The van der Waals surface area contributed by atoms with E-state index in [1.54, 1.807) is 11.3 Å². The largest absolute Gasteiger partial charge is 0.398 e. The Morgan fingerprint density at radius 3 is 3.14 bits per heavy atom. The molecule has 0 radical (unpaired) electrons. The van der Waals surface area contributed by atoms with Crippen LogP contribution in [-0.4, -0.2) is 16.7 Å². The van der Waals surface area contributed by atoms with Crippen molar-refractivity contribution >= 4 is 22.7 Å². The molecule has 0 saturated carbocycles. The number of thiophene rings is 1. The highest BCUT2D eigenvalue weighted by molar-refractivity contribution is 7.08. The molecule has 0 fully saturated rings. The molecular weight excluding hydrogens is 296 g/mol. The van der Waals surface area contributed by atoms with Gasteiger partial charge in [-0.2, -0.15) is 16.3 Å². The molecule has 1 aromatic carbocycles. The quantitative estimate of drug-likeness (QED) is 0.751. The van der Waals surface area contributed by atoms with Gasteiger partial charge >= 0.3 is 0 Å². The van der Waals surface area contributed by atoms with E-state index in [1.165, 1.54) is 11.3 Å². The molecule has 0 unspecified atom stereocenters. The van der Waals surface area contributed by atoms with Crippen LogP contribution in [0.1, 0.15) is 17.9 Å². The maximum atomic E-state index is 6.09. The summed E-state index contributed by atoms with van der Waals surface area (Å²) in [5.74, 6) is 1.29. The van der Waals surface area contributed by atoms with Gasteiger partial charge < -0.3 is 15.2 Å². The van der Waals surface area contributed by atoms with Crippen molar-refractivity contribution < 1.29 is 4.52 Å². The average Bonchev–Trinajstić information content (AvgIpc) is 3.19. The summed E-state index contributed by atoms with van der Waals surface area (Å²) in [7, 11) is 0. The van der Waals surface area contributed by atoms with E-state index in [0.717, 1.165) is 30.6 Å². The number of nitrogen functional groups attached to an aromatic ring is 1. The molecule has 22 heavy (non-hydrogen) atoms. The number of nitrogens with two attached hydrogens (primary N) is 1. The van der Waals surface area contributed by atoms with E-state index in [9.17, 15) is 0 Å². The minimum absolute atomic E-state index is 0.619. The third-order valence-electron chi connectivity index (χ3n) is 3.96. The minimum Gasteiger partial charge on any atom is -0.398 e. The number of aromatic nitrogens is 2. The van der Waals surface area contributed by atoms with Crippen LogP contribution in [0, 0.1) is 0 Å². The molecule has 6 heteroatoms. The first-order valence-corrected chi connectivity index (χ1v) is 8.23. The first kappa shape index (κ1) is 13.3. The maximum Gasteiger partial charge on any atom is 0.246 e. The summed E-state index contributed by atoms with van der Waals surface area (Å²) in [6.45, 7) is 1.60. The number of fused-ring (bicyclic) bond motifs is 1. The van der Waals surface area contributed by atoms with Crippen LogP contribution >= 0.6 is 11.3 Å². The lowest BCUT2D eigenvalue weighted by atomic mass is 10.00. The van der Waals surface area contributed by atoms with Crippen LogP contribution in [0.4, 0.5) is 11.4 Å². The Labute approximate surface area is 132 Å². The first-order valence-electron chi connectivity index (χ1n) is 7.29. The third-order valence-corrected chi connectivity index (χ3v) is 4.64. The lowest BCUT2D eigenvalue weighted by Crippen LogP contribution is -2.29. The average molecular weight is 312 g/mol. The van der Waals surface area contributed by atoms with E-state index in [0.29, 0.717) is 18.3 Å². The molecule has 4 rings (SSSR count). The molecule has 2 aromatic heterocycles. The normalized spacial score (nSPS) is 14.1. The summed E-state index contributed by atoms with van der Waals surface area (Å²) in [5, 5.41) is 8.10. The zero-order valence-electron chi connectivity index (χ0n) is 12.0. The van der Waals surface area contributed by atoms with Gasteiger partial charge in [0.2, 0.25) is 11.7 Å². The van der Waals surface area contributed by atoms with Gasteiger partial charge in [-0.1, -0.05) is 11.2 Å². The van der Waals surface area contributed by atoms with Crippen molar-refractivity contribution in [1.29, 1.82) is 0 Å². The number of rotatable bonds is 3. The van der Waals surface area contributed by atoms with Crippen LogP contribution < -0.4 is 10.6 Å². The van der Waals surface area contributed by atoms with Gasteiger partial charge in [0.1, 0.15) is 0 Å². The summed E-state index contributed by atoms with van der Waals surface area (Å²) in [5.41, 5.74) is 10.4. The van der Waals surface area contributed by atoms with Crippen LogP contribution in [0.25, 0.3) is 11.4 Å². The monoisotopic (exact) mass is 312 g/mol. The SMILES string of the molecule is Nc1cccc2c1CCCN2Cc1nc(-c2ccsc2)no1. The van der Waals surface area contributed by atoms with Crippen molar-refractivity contribution in [3.05, 3.63) is 46.5 Å². The van der Waals surface area contributed by atoms with Crippen molar-refractivity contribution in [2.24, 2.45) is 0 Å². The molecule has 0 amide bonds. The van der Waals surface area contributed by atoms with Gasteiger partial charge in [0.05, 0.1) is 6.54 Å². The summed E-state index contributed by atoms with van der Waals surface area (Å²) < 4.78 is 5.41. The van der Waals surface area contributed by atoms with Gasteiger partial charge in [-0.15, -0.1) is 0 Å². The summed E-state index contributed by atoms with van der Waals surface area (Å²) in [6, 6.07) is 8.07. The Bertz CT molecular complexity index is 781. The van der Waals surface area contributed by atoms with Gasteiger partial charge in [-0.25, -0.2) is 0 Å². The fourth-order valence-corrected chi connectivity index (χ4v) is 3.52. The van der Waals surface area contributed by atoms with E-state index in [2.05, 4.69) is 21.1 Å². The molecule has 112 valence electrons. The summed E-state index contributed by atoms with van der Waals surface area (Å²) in [6.07, 6.45) is 2.12. The molecule has 3 aromatic rings. The number of nitrogens with zero attached hydrogens (tertiary/aromatic N) is 3. The van der Waals surface area contributed by atoms with E-state index >= 15 is 0 Å². The second-order valence-electron chi connectivity index (χ2n) is 5.39. The highest BCUT2D eigenvalue weighted by atomic mass is 32.1.